The maximum atomic E-state index is 13.8. The molecule has 19 heteroatoms. The second kappa shape index (κ2) is 23.5. The zero-order chi connectivity index (χ0) is 41.9. The lowest BCUT2D eigenvalue weighted by molar-refractivity contribution is -0.134. The van der Waals surface area contributed by atoms with Crippen LogP contribution < -0.4 is 20.9 Å². The molecule has 4 rings (SSSR count). The average Bonchev–Trinajstić information content (AvgIpc) is 3.64. The Balaban J connectivity index is 1.30. The number of hydrogen-bond donors (Lipinski definition) is 4. The van der Waals surface area contributed by atoms with Gasteiger partial charge < -0.3 is 30.6 Å². The summed E-state index contributed by atoms with van der Waals surface area (Å²) in [6.07, 6.45) is 5.14. The SMILES string of the molecule is [B]CC(=O)N(CCNC(=O)CCCCCn1nnc2c1-c1ccccc1CN(C(=O)CCC(=O)NCCCCCCOP(=O)(O)OC)c1ccccc1-2)CC(=O)NC. The van der Waals surface area contributed by atoms with E-state index in [-0.39, 0.29) is 81.5 Å². The molecule has 1 aliphatic rings. The van der Waals surface area contributed by atoms with Gasteiger partial charge in [0.05, 0.1) is 38.9 Å². The fourth-order valence-corrected chi connectivity index (χ4v) is 6.96. The molecule has 3 aromatic rings. The standard InChI is InChI=1S/C39H54BN8O9P/c1-41-35(51)28-46(37(53)26-40)24-22-43-33(49)18-6-5-12-23-48-39-30-15-8-7-14-29(30)27-47(32-17-10-9-16-31(32)38(39)44-45-48)36(52)20-19-34(50)42-21-11-3-4-13-25-57-58(54,55)56-2/h7-10,14-17H,3-6,11-13,18-28H2,1-2H3,(H,41,51)(H,42,50)(H,43,49)(H,54,55). The molecule has 1 aliphatic heterocycles. The number of unbranched alkanes of at least 4 members (excludes halogenated alkanes) is 5. The quantitative estimate of drug-likeness (QED) is 0.0583. The Bertz CT molecular complexity index is 1910. The molecule has 0 saturated heterocycles. The van der Waals surface area contributed by atoms with Gasteiger partial charge >= 0.3 is 7.82 Å². The van der Waals surface area contributed by atoms with Gasteiger partial charge in [0.25, 0.3) is 0 Å². The third-order valence-corrected chi connectivity index (χ3v) is 10.6. The van der Waals surface area contributed by atoms with Gasteiger partial charge in [-0.15, -0.1) is 5.10 Å². The Morgan fingerprint density at radius 2 is 1.55 bits per heavy atom. The second-order valence-corrected chi connectivity index (χ2v) is 15.3. The molecule has 0 fully saturated rings. The number of phosphoric acid groups is 1. The molecular formula is C39H54BN8O9P. The molecule has 2 aromatic carbocycles. The first-order chi connectivity index (χ1) is 28.0. The Morgan fingerprint density at radius 3 is 2.31 bits per heavy atom. The van der Waals surface area contributed by atoms with Crippen LogP contribution in [0.25, 0.3) is 22.5 Å². The predicted molar refractivity (Wildman–Crippen MR) is 218 cm³/mol. The van der Waals surface area contributed by atoms with Crippen LogP contribution in [0.2, 0.25) is 6.32 Å². The minimum atomic E-state index is -3.96. The number of aromatic nitrogens is 3. The maximum absolute atomic E-state index is 13.8. The van der Waals surface area contributed by atoms with Crippen LogP contribution in [-0.4, -0.2) is 109 Å². The number of amides is 5. The van der Waals surface area contributed by atoms with Gasteiger partial charge in [0.1, 0.15) is 5.69 Å². The first-order valence-electron chi connectivity index (χ1n) is 19.6. The van der Waals surface area contributed by atoms with Gasteiger partial charge in [-0.25, -0.2) is 9.25 Å². The molecule has 0 spiro atoms. The summed E-state index contributed by atoms with van der Waals surface area (Å²) in [5, 5.41) is 17.3. The van der Waals surface area contributed by atoms with E-state index in [0.29, 0.717) is 43.7 Å². The van der Waals surface area contributed by atoms with Gasteiger partial charge in [-0.2, -0.15) is 0 Å². The molecule has 0 aliphatic carbocycles. The number of carbonyl (C=O) groups excluding carboxylic acids is 5. The molecule has 1 atom stereocenters. The highest BCUT2D eigenvalue weighted by Gasteiger charge is 2.29. The molecular weight excluding hydrogens is 766 g/mol. The maximum Gasteiger partial charge on any atom is 0.471 e. The van der Waals surface area contributed by atoms with Crippen LogP contribution >= 0.6 is 7.82 Å². The lowest BCUT2D eigenvalue weighted by Gasteiger charge is -2.28. The van der Waals surface area contributed by atoms with Crippen molar-refractivity contribution in [2.75, 3.05) is 51.8 Å². The molecule has 0 bridgehead atoms. The lowest BCUT2D eigenvalue weighted by Crippen LogP contribution is -2.43. The van der Waals surface area contributed by atoms with Crippen LogP contribution in [0.4, 0.5) is 5.69 Å². The molecule has 0 saturated carbocycles. The monoisotopic (exact) mass is 820 g/mol. The summed E-state index contributed by atoms with van der Waals surface area (Å²) < 4.78 is 22.4. The van der Waals surface area contributed by atoms with E-state index >= 15 is 0 Å². The summed E-state index contributed by atoms with van der Waals surface area (Å²) in [5.74, 6) is -1.25. The number of anilines is 1. The van der Waals surface area contributed by atoms with Crippen molar-refractivity contribution in [1.29, 1.82) is 0 Å². The van der Waals surface area contributed by atoms with E-state index in [9.17, 15) is 33.4 Å². The van der Waals surface area contributed by atoms with Crippen molar-refractivity contribution >= 4 is 50.9 Å². The largest absolute Gasteiger partial charge is 0.471 e. The summed E-state index contributed by atoms with van der Waals surface area (Å²) in [7, 11) is 4.09. The third kappa shape index (κ3) is 13.9. The number of rotatable bonds is 24. The smallest absolute Gasteiger partial charge is 0.358 e. The van der Waals surface area contributed by atoms with Crippen molar-refractivity contribution in [2.24, 2.45) is 0 Å². The van der Waals surface area contributed by atoms with Crippen molar-refractivity contribution in [1.82, 2.24) is 35.8 Å². The molecule has 312 valence electrons. The lowest BCUT2D eigenvalue weighted by atomic mass is 9.95. The van der Waals surface area contributed by atoms with Gasteiger partial charge in [0, 0.05) is 70.7 Å². The van der Waals surface area contributed by atoms with Crippen LogP contribution in [0.1, 0.15) is 69.8 Å². The van der Waals surface area contributed by atoms with Crippen LogP contribution in [0.5, 0.6) is 0 Å². The van der Waals surface area contributed by atoms with Crippen molar-refractivity contribution in [3.63, 3.8) is 0 Å². The molecule has 4 N–H and O–H groups in total. The third-order valence-electron chi connectivity index (χ3n) is 9.65. The van der Waals surface area contributed by atoms with Crippen molar-refractivity contribution in [3.05, 3.63) is 54.1 Å². The minimum Gasteiger partial charge on any atom is -0.358 e. The second-order valence-electron chi connectivity index (χ2n) is 13.8. The Hall–Kier alpha value is -4.90. The van der Waals surface area contributed by atoms with E-state index in [2.05, 4.69) is 30.8 Å². The number of para-hydroxylation sites is 1. The van der Waals surface area contributed by atoms with Gasteiger partial charge in [-0.3, -0.25) is 33.0 Å². The molecule has 2 radical (unpaired) electrons. The Morgan fingerprint density at radius 1 is 0.862 bits per heavy atom. The Kier molecular flexibility index (Phi) is 18.6. The number of likely N-dealkylation sites (N-methyl/N-ethyl adjacent to an activating group) is 1. The average molecular weight is 821 g/mol. The highest BCUT2D eigenvalue weighted by molar-refractivity contribution is 7.47. The number of aryl methyl sites for hydroxylation is 1. The van der Waals surface area contributed by atoms with Crippen LogP contribution in [0.3, 0.4) is 0 Å². The highest BCUT2D eigenvalue weighted by Crippen LogP contribution is 2.42. The van der Waals surface area contributed by atoms with E-state index in [1.54, 1.807) is 4.90 Å². The number of hydrogen-bond acceptors (Lipinski definition) is 10. The number of benzene rings is 2. The number of phosphoric ester groups is 1. The number of nitrogens with zero attached hydrogens (tertiary/aromatic N) is 5. The van der Waals surface area contributed by atoms with Gasteiger partial charge in [0.15, 0.2) is 0 Å². The molecule has 5 amide bonds. The molecule has 17 nitrogen and oxygen atoms in total. The zero-order valence-corrected chi connectivity index (χ0v) is 34.2. The summed E-state index contributed by atoms with van der Waals surface area (Å²) in [6, 6.07) is 15.4. The van der Waals surface area contributed by atoms with Gasteiger partial charge in [-0.05, 0) is 43.6 Å². The van der Waals surface area contributed by atoms with Crippen molar-refractivity contribution in [3.8, 4) is 22.5 Å². The molecule has 2 heterocycles. The van der Waals surface area contributed by atoms with Gasteiger partial charge in [0.2, 0.25) is 29.5 Å². The predicted octanol–water partition coefficient (Wildman–Crippen LogP) is 3.52. The van der Waals surface area contributed by atoms with E-state index in [4.69, 9.17) is 12.4 Å². The summed E-state index contributed by atoms with van der Waals surface area (Å²) in [6.45, 7) is 1.68. The summed E-state index contributed by atoms with van der Waals surface area (Å²) in [5.41, 5.74) is 4.74. The first-order valence-corrected chi connectivity index (χ1v) is 21.1. The van der Waals surface area contributed by atoms with E-state index in [1.807, 2.05) is 53.2 Å². The van der Waals surface area contributed by atoms with E-state index in [0.717, 1.165) is 61.6 Å². The Labute approximate surface area is 340 Å². The molecule has 1 aromatic heterocycles. The normalized spacial score (nSPS) is 12.8. The van der Waals surface area contributed by atoms with Gasteiger partial charge in [-0.1, -0.05) is 66.9 Å². The number of carbonyl (C=O) groups is 5. The first kappa shape index (κ1) is 45.8. The molecule has 1 unspecified atom stereocenters. The fraction of sp³-hybridized carbons (Fsp3) is 0.513. The number of fused-ring (bicyclic) bond motifs is 5. The zero-order valence-electron chi connectivity index (χ0n) is 33.3. The van der Waals surface area contributed by atoms with Crippen LogP contribution in [0.15, 0.2) is 48.5 Å². The fourth-order valence-electron chi connectivity index (χ4n) is 6.49. The highest BCUT2D eigenvalue weighted by atomic mass is 31.2. The summed E-state index contributed by atoms with van der Waals surface area (Å²) >= 11 is 0. The van der Waals surface area contributed by atoms with E-state index in [1.165, 1.54) is 11.9 Å². The van der Waals surface area contributed by atoms with Crippen molar-refractivity contribution < 1.29 is 42.5 Å². The minimum absolute atomic E-state index is 0.0159. The van der Waals surface area contributed by atoms with E-state index < -0.39 is 7.82 Å². The van der Waals surface area contributed by atoms with Crippen molar-refractivity contribution in [2.45, 2.75) is 83.6 Å². The summed E-state index contributed by atoms with van der Waals surface area (Å²) in [4.78, 5) is 75.1. The topological polar surface area (TPSA) is 214 Å². The van der Waals surface area contributed by atoms with Crippen LogP contribution in [-0.2, 0) is 50.7 Å². The van der Waals surface area contributed by atoms with Crippen LogP contribution in [0, 0.1) is 0 Å². The number of nitrogens with one attached hydrogen (secondary N) is 3. The molecule has 58 heavy (non-hydrogen) atoms.